The van der Waals surface area contributed by atoms with Gasteiger partial charge < -0.3 is 9.47 Å². The molecule has 0 bridgehead atoms. The molecule has 12 nitrogen and oxygen atoms in total. The first-order valence-corrected chi connectivity index (χ1v) is 18.7. The fourth-order valence-electron chi connectivity index (χ4n) is 7.34. The summed E-state index contributed by atoms with van der Waals surface area (Å²) in [6.45, 7) is 7.50. The third-order valence-corrected chi connectivity index (χ3v) is 11.8. The van der Waals surface area contributed by atoms with Gasteiger partial charge in [0.05, 0.1) is 9.75 Å². The van der Waals surface area contributed by atoms with Crippen LogP contribution >= 0.6 is 22.7 Å². The Bertz CT molecular complexity index is 2790. The maximum absolute atomic E-state index is 13.6. The zero-order chi connectivity index (χ0) is 39.3. The van der Waals surface area contributed by atoms with Gasteiger partial charge in [-0.05, 0) is 51.0 Å². The third kappa shape index (κ3) is 4.91. The molecule has 0 amide bonds. The number of allylic oxidation sites excluding steroid dienone is 4. The average molecular weight is 767 g/mol. The molecule has 9 rings (SSSR count). The predicted octanol–water partition coefficient (Wildman–Crippen LogP) is 8.73. The van der Waals surface area contributed by atoms with Gasteiger partial charge in [-0.3, -0.25) is 9.59 Å². The molecular formula is C42H22N8O4S2. The number of nitriles is 4. The van der Waals surface area contributed by atoms with E-state index < -0.39 is 22.8 Å². The van der Waals surface area contributed by atoms with E-state index in [1.54, 1.807) is 48.5 Å². The molecule has 0 saturated carbocycles. The number of benzene rings is 3. The Hall–Kier alpha value is -7.36. The minimum atomic E-state index is -0.931. The van der Waals surface area contributed by atoms with Crippen LogP contribution in [-0.4, -0.2) is 33.0 Å². The lowest BCUT2D eigenvalue weighted by atomic mass is 9.92. The third-order valence-electron chi connectivity index (χ3n) is 9.82. The van der Waals surface area contributed by atoms with Gasteiger partial charge in [0.2, 0.25) is 21.8 Å². The van der Waals surface area contributed by atoms with Crippen molar-refractivity contribution >= 4 is 67.1 Å². The largest absolute Gasteiger partial charge is 0.481 e. The standard InChI is InChI=1S/C42H22N8O4S2/c1-41(2)37-35(55-39(49-37)47-31-29(19(15-43)16-44)21-9-5-7-11-23(21)33(31)51)25-14-28-26(13-27(25)53-41)36-38(42(3,4)54-28)50-40(56-36)48-32-30(20(17-45)18-46)22-10-6-8-12-24(22)34(32)52/h5-14H,1-4H3. The number of carbonyl (C=O) groups is 2. The fraction of sp³-hybridized carbons (Fsp3) is 0.143. The summed E-state index contributed by atoms with van der Waals surface area (Å²) in [5, 5.41) is 39.6. The second kappa shape index (κ2) is 12.1. The van der Waals surface area contributed by atoms with Crippen LogP contribution < -0.4 is 9.47 Å². The molecule has 56 heavy (non-hydrogen) atoms. The molecule has 3 aromatic carbocycles. The maximum atomic E-state index is 13.6. The van der Waals surface area contributed by atoms with Gasteiger partial charge >= 0.3 is 0 Å². The second-order valence-corrected chi connectivity index (χ2v) is 16.0. The van der Waals surface area contributed by atoms with Gasteiger partial charge in [0.15, 0.2) is 0 Å². The van der Waals surface area contributed by atoms with Gasteiger partial charge in [-0.2, -0.15) is 21.0 Å². The van der Waals surface area contributed by atoms with E-state index in [0.29, 0.717) is 56.3 Å². The molecule has 266 valence electrons. The molecule has 14 heteroatoms. The van der Waals surface area contributed by atoms with Crippen molar-refractivity contribution < 1.29 is 19.1 Å². The Kier molecular flexibility index (Phi) is 7.42. The number of nitrogens with zero attached hydrogens (tertiary/aromatic N) is 8. The lowest BCUT2D eigenvalue weighted by molar-refractivity contribution is 0.0957. The van der Waals surface area contributed by atoms with Crippen LogP contribution in [0.5, 0.6) is 11.5 Å². The van der Waals surface area contributed by atoms with E-state index in [4.69, 9.17) is 19.4 Å². The van der Waals surface area contributed by atoms with E-state index >= 15 is 0 Å². The molecule has 0 radical (unpaired) electrons. The number of ketones is 2. The maximum Gasteiger partial charge on any atom is 0.212 e. The first kappa shape index (κ1) is 34.4. The second-order valence-electron chi connectivity index (χ2n) is 14.0. The van der Waals surface area contributed by atoms with Crippen molar-refractivity contribution in [3.05, 3.63) is 105 Å². The molecule has 2 aromatic heterocycles. The summed E-state index contributed by atoms with van der Waals surface area (Å²) in [5.41, 5.74) is 2.25. The monoisotopic (exact) mass is 766 g/mol. The van der Waals surface area contributed by atoms with Gasteiger partial charge in [0, 0.05) is 33.4 Å². The first-order chi connectivity index (χ1) is 26.9. The zero-order valence-corrected chi connectivity index (χ0v) is 31.4. The van der Waals surface area contributed by atoms with Gasteiger partial charge in [-0.15, -0.1) is 0 Å². The van der Waals surface area contributed by atoms with E-state index in [9.17, 15) is 30.6 Å². The highest BCUT2D eigenvalue weighted by molar-refractivity contribution is 7.19. The normalized spacial score (nSPS) is 17.5. The van der Waals surface area contributed by atoms with Crippen molar-refractivity contribution in [1.29, 1.82) is 21.0 Å². The highest BCUT2D eigenvalue weighted by atomic mass is 32.1. The molecular weight excluding hydrogens is 745 g/mol. The zero-order valence-electron chi connectivity index (χ0n) is 29.8. The minimum absolute atomic E-state index is 0.0238. The molecule has 5 aromatic rings. The molecule has 0 fully saturated rings. The van der Waals surface area contributed by atoms with Crippen LogP contribution in [0.15, 0.2) is 81.8 Å². The topological polar surface area (TPSA) is 198 Å². The quantitative estimate of drug-likeness (QED) is 0.157. The van der Waals surface area contributed by atoms with Crippen LogP contribution in [0.25, 0.3) is 32.0 Å². The number of Topliss-reactive ketones (excluding diaryl/α,β-unsaturated/α-hetero) is 2. The van der Waals surface area contributed by atoms with Gasteiger partial charge in [-0.25, -0.2) is 20.0 Å². The molecule has 0 unspecified atom stereocenters. The number of fused-ring (bicyclic) bond motifs is 8. The number of hydrogen-bond acceptors (Lipinski definition) is 14. The van der Waals surface area contributed by atoms with Crippen molar-refractivity contribution in [3.8, 4) is 56.7 Å². The number of rotatable bonds is 2. The first-order valence-electron chi connectivity index (χ1n) is 17.0. The summed E-state index contributed by atoms with van der Waals surface area (Å²) in [7, 11) is 0. The summed E-state index contributed by atoms with van der Waals surface area (Å²) in [6.07, 6.45) is 0. The molecule has 2 aliphatic carbocycles. The Labute approximate surface area is 326 Å². The van der Waals surface area contributed by atoms with E-state index in [0.717, 1.165) is 9.75 Å². The number of aliphatic imine (C=N–C) groups is 2. The van der Waals surface area contributed by atoms with Crippen molar-refractivity contribution in [3.63, 3.8) is 0 Å². The summed E-state index contributed by atoms with van der Waals surface area (Å²) >= 11 is 2.50. The van der Waals surface area contributed by atoms with E-state index in [-0.39, 0.29) is 44.0 Å². The van der Waals surface area contributed by atoms with Crippen LogP contribution in [-0.2, 0) is 11.2 Å². The number of aromatic nitrogens is 2. The average Bonchev–Trinajstić information content (AvgIpc) is 3.94. The lowest BCUT2D eigenvalue weighted by Gasteiger charge is -2.35. The molecule has 4 heterocycles. The number of ether oxygens (including phenoxy) is 2. The van der Waals surface area contributed by atoms with Crippen LogP contribution in [0.3, 0.4) is 0 Å². The highest BCUT2D eigenvalue weighted by Crippen LogP contribution is 2.56. The molecule has 2 aliphatic heterocycles. The Morgan fingerprint density at radius 3 is 1.30 bits per heavy atom. The SMILES string of the molecule is CC1(C)Oc2cc3c(cc2-c2sc(N=C4C(=O)c5ccccc5C4=C(C#N)C#N)nc21)OC(C)(C)c1nc(N=C2C(=O)c4ccccc4C2=C(C#N)C#N)sc1-3. The summed E-state index contributed by atoms with van der Waals surface area (Å²) in [6, 6.07) is 24.9. The van der Waals surface area contributed by atoms with Gasteiger partial charge in [0.25, 0.3) is 0 Å². The Balaban J connectivity index is 1.16. The number of thiazole rings is 2. The summed E-state index contributed by atoms with van der Waals surface area (Å²) in [4.78, 5) is 47.6. The van der Waals surface area contributed by atoms with Crippen LogP contribution in [0.4, 0.5) is 10.3 Å². The van der Waals surface area contributed by atoms with E-state index in [1.807, 2.05) is 64.1 Å². The lowest BCUT2D eigenvalue weighted by Crippen LogP contribution is -2.31. The molecule has 0 atom stereocenters. The Morgan fingerprint density at radius 2 is 0.946 bits per heavy atom. The highest BCUT2D eigenvalue weighted by Gasteiger charge is 2.43. The van der Waals surface area contributed by atoms with E-state index in [1.165, 1.54) is 22.7 Å². The van der Waals surface area contributed by atoms with Crippen molar-refractivity contribution in [2.45, 2.75) is 38.9 Å². The smallest absolute Gasteiger partial charge is 0.212 e. The minimum Gasteiger partial charge on any atom is -0.481 e. The molecule has 0 N–H and O–H groups in total. The van der Waals surface area contributed by atoms with Crippen LogP contribution in [0.2, 0.25) is 0 Å². The molecule has 4 aliphatic rings. The van der Waals surface area contributed by atoms with Crippen LogP contribution in [0, 0.1) is 45.3 Å². The number of hydrogen-bond donors (Lipinski definition) is 0. The van der Waals surface area contributed by atoms with E-state index in [2.05, 4.69) is 9.98 Å². The van der Waals surface area contributed by atoms with Crippen LogP contribution in [0.1, 0.15) is 70.9 Å². The summed E-state index contributed by atoms with van der Waals surface area (Å²) < 4.78 is 13.2. The van der Waals surface area contributed by atoms with Gasteiger partial charge in [0.1, 0.15) is 80.9 Å². The fourth-order valence-corrected chi connectivity index (χ4v) is 9.57. The van der Waals surface area contributed by atoms with Crippen molar-refractivity contribution in [1.82, 2.24) is 9.97 Å². The molecule has 0 saturated heterocycles. The summed E-state index contributed by atoms with van der Waals surface area (Å²) in [5.74, 6) is 0.282. The predicted molar refractivity (Wildman–Crippen MR) is 208 cm³/mol. The van der Waals surface area contributed by atoms with Gasteiger partial charge in [-0.1, -0.05) is 71.2 Å². The Morgan fingerprint density at radius 1 is 0.589 bits per heavy atom. The van der Waals surface area contributed by atoms with Crippen molar-refractivity contribution in [2.75, 3.05) is 0 Å². The molecule has 0 spiro atoms. The number of carbonyl (C=O) groups excluding carboxylic acids is 2. The van der Waals surface area contributed by atoms with Crippen molar-refractivity contribution in [2.24, 2.45) is 9.98 Å².